The molecule has 0 heterocycles. The van der Waals surface area contributed by atoms with Crippen molar-refractivity contribution >= 4 is 17.7 Å². The molecule has 2 aromatic carbocycles. The zero-order valence-corrected chi connectivity index (χ0v) is 17.4. The summed E-state index contributed by atoms with van der Waals surface area (Å²) in [5.74, 6) is 0.607. The lowest BCUT2D eigenvalue weighted by Crippen LogP contribution is -2.12. The Morgan fingerprint density at radius 2 is 1.68 bits per heavy atom. The number of esters is 1. The molecule has 0 saturated carbocycles. The Hall–Kier alpha value is -2.51. The topological polar surface area (TPSA) is 50.1 Å². The summed E-state index contributed by atoms with van der Waals surface area (Å²) in [6.07, 6.45) is 8.62. The van der Waals surface area contributed by atoms with E-state index in [9.17, 15) is 4.79 Å². The highest BCUT2D eigenvalue weighted by Crippen LogP contribution is 2.25. The van der Waals surface area contributed by atoms with Crippen LogP contribution in [0.15, 0.2) is 65.6 Å². The summed E-state index contributed by atoms with van der Waals surface area (Å²) in [6.45, 7) is 3.77. The highest BCUT2D eigenvalue weighted by Gasteiger charge is 2.11. The predicted octanol–water partition coefficient (Wildman–Crippen LogP) is 6.65. The molecule has 4 heteroatoms. The van der Waals surface area contributed by atoms with Gasteiger partial charge in [-0.3, -0.25) is 0 Å². The zero-order chi connectivity index (χ0) is 20.2. The van der Waals surface area contributed by atoms with Crippen molar-refractivity contribution in [3.05, 3.63) is 66.2 Å². The molecule has 28 heavy (non-hydrogen) atoms. The minimum atomic E-state index is -0.746. The molecular formula is C24H27NO2S. The van der Waals surface area contributed by atoms with Gasteiger partial charge in [-0.1, -0.05) is 56.2 Å². The third-order valence-corrected chi connectivity index (χ3v) is 5.26. The Balaban J connectivity index is 1.86. The van der Waals surface area contributed by atoms with Crippen LogP contribution in [0.5, 0.6) is 0 Å². The number of hydrogen-bond acceptors (Lipinski definition) is 4. The minimum Gasteiger partial charge on any atom is -0.444 e. The second-order valence-electron chi connectivity index (χ2n) is 6.53. The molecule has 2 aromatic rings. The van der Waals surface area contributed by atoms with E-state index in [0.29, 0.717) is 5.56 Å². The second kappa shape index (κ2) is 12.0. The Morgan fingerprint density at radius 3 is 2.29 bits per heavy atom. The molecule has 1 atom stereocenters. The number of hydrogen-bond donors (Lipinski definition) is 0. The fraction of sp³-hybridized carbons (Fsp3) is 0.333. The number of carbonyl (C=O) groups is 1. The summed E-state index contributed by atoms with van der Waals surface area (Å²) in [6, 6.07) is 17.6. The van der Waals surface area contributed by atoms with Crippen LogP contribution in [-0.2, 0) is 4.74 Å². The number of ether oxygens (including phenoxy) is 1. The average molecular weight is 394 g/mol. The standard InChI is InChI=1S/C24H27NO2S/c1-3-4-5-6-7-8-17-28-23-15-13-21(14-16-23)20-9-11-22(12-10-20)24(26)27-19(2)18-25/h6-7,9-16,19H,3-5,8,17H2,1-2H3/t19-/m1/s1. The van der Waals surface area contributed by atoms with Gasteiger partial charge in [-0.15, -0.1) is 11.8 Å². The van der Waals surface area contributed by atoms with Crippen molar-refractivity contribution in [2.45, 2.75) is 50.5 Å². The first-order chi connectivity index (χ1) is 13.6. The summed E-state index contributed by atoms with van der Waals surface area (Å²) < 4.78 is 5.01. The maximum absolute atomic E-state index is 11.9. The number of unbranched alkanes of at least 4 members (excludes halogenated alkanes) is 2. The SMILES string of the molecule is CCCCC=CCCSc1ccc(-c2ccc(C(=O)O[C@H](C)C#N)cc2)cc1. The van der Waals surface area contributed by atoms with E-state index in [1.54, 1.807) is 19.1 Å². The van der Waals surface area contributed by atoms with E-state index in [1.165, 1.54) is 24.2 Å². The van der Waals surface area contributed by atoms with Crippen LogP contribution in [0.25, 0.3) is 11.1 Å². The Kier molecular flexibility index (Phi) is 9.37. The zero-order valence-electron chi connectivity index (χ0n) is 16.6. The van der Waals surface area contributed by atoms with Crippen LogP contribution in [0.3, 0.4) is 0 Å². The van der Waals surface area contributed by atoms with E-state index in [-0.39, 0.29) is 0 Å². The molecule has 146 valence electrons. The fourth-order valence-corrected chi connectivity index (χ4v) is 3.42. The minimum absolute atomic E-state index is 0.449. The van der Waals surface area contributed by atoms with Crippen LogP contribution in [0.1, 0.15) is 49.9 Å². The monoisotopic (exact) mass is 393 g/mol. The van der Waals surface area contributed by atoms with E-state index >= 15 is 0 Å². The number of nitrogens with zero attached hydrogens (tertiary/aromatic N) is 1. The van der Waals surface area contributed by atoms with Gasteiger partial charge in [0.05, 0.1) is 5.56 Å². The van der Waals surface area contributed by atoms with E-state index in [2.05, 4.69) is 43.3 Å². The summed E-state index contributed by atoms with van der Waals surface area (Å²) in [7, 11) is 0. The molecule has 0 aromatic heterocycles. The van der Waals surface area contributed by atoms with Crippen LogP contribution in [-0.4, -0.2) is 17.8 Å². The molecule has 0 saturated heterocycles. The lowest BCUT2D eigenvalue weighted by Gasteiger charge is -2.07. The summed E-state index contributed by atoms with van der Waals surface area (Å²) >= 11 is 1.86. The summed E-state index contributed by atoms with van der Waals surface area (Å²) in [5, 5.41) is 8.73. The second-order valence-corrected chi connectivity index (χ2v) is 7.70. The van der Waals surface area contributed by atoms with Gasteiger partial charge in [0.15, 0.2) is 6.10 Å². The van der Waals surface area contributed by atoms with E-state index in [4.69, 9.17) is 10.00 Å². The molecule has 3 nitrogen and oxygen atoms in total. The molecule has 2 rings (SSSR count). The number of carbonyl (C=O) groups excluding carboxylic acids is 1. The fourth-order valence-electron chi connectivity index (χ4n) is 2.60. The van der Waals surface area contributed by atoms with E-state index in [0.717, 1.165) is 23.3 Å². The summed E-state index contributed by atoms with van der Waals surface area (Å²) in [4.78, 5) is 13.2. The van der Waals surface area contributed by atoms with Crippen molar-refractivity contribution < 1.29 is 9.53 Å². The van der Waals surface area contributed by atoms with Crippen molar-refractivity contribution in [2.75, 3.05) is 5.75 Å². The first-order valence-corrected chi connectivity index (χ1v) is 10.7. The van der Waals surface area contributed by atoms with E-state index in [1.807, 2.05) is 30.0 Å². The van der Waals surface area contributed by atoms with Crippen molar-refractivity contribution in [1.29, 1.82) is 5.26 Å². The molecule has 0 aliphatic carbocycles. The molecule has 0 aliphatic rings. The van der Waals surface area contributed by atoms with Crippen molar-refractivity contribution in [3.8, 4) is 17.2 Å². The number of allylic oxidation sites excluding steroid dienone is 2. The van der Waals surface area contributed by atoms with Gasteiger partial charge in [0.1, 0.15) is 6.07 Å². The molecule has 0 bridgehead atoms. The van der Waals surface area contributed by atoms with Crippen molar-refractivity contribution in [2.24, 2.45) is 0 Å². The molecular weight excluding hydrogens is 366 g/mol. The van der Waals surface area contributed by atoms with Gasteiger partial charge in [0, 0.05) is 10.6 Å². The van der Waals surface area contributed by atoms with Crippen molar-refractivity contribution in [3.63, 3.8) is 0 Å². The highest BCUT2D eigenvalue weighted by atomic mass is 32.2. The Labute approximate surface area is 172 Å². The van der Waals surface area contributed by atoms with Crippen LogP contribution in [0.2, 0.25) is 0 Å². The van der Waals surface area contributed by atoms with Crippen LogP contribution < -0.4 is 0 Å². The number of rotatable bonds is 10. The van der Waals surface area contributed by atoms with Crippen molar-refractivity contribution in [1.82, 2.24) is 0 Å². The third-order valence-electron chi connectivity index (χ3n) is 4.22. The van der Waals surface area contributed by atoms with Gasteiger partial charge in [-0.05, 0) is 55.2 Å². The first kappa shape index (κ1) is 21.8. The Bertz CT molecular complexity index is 804. The number of benzene rings is 2. The average Bonchev–Trinajstić information content (AvgIpc) is 2.73. The van der Waals surface area contributed by atoms with Gasteiger partial charge in [-0.2, -0.15) is 5.26 Å². The number of thioether (sulfide) groups is 1. The molecule has 0 N–H and O–H groups in total. The molecule has 0 unspecified atom stereocenters. The summed E-state index contributed by atoms with van der Waals surface area (Å²) in [5.41, 5.74) is 2.60. The highest BCUT2D eigenvalue weighted by molar-refractivity contribution is 7.99. The molecule has 0 aliphatic heterocycles. The quantitative estimate of drug-likeness (QED) is 0.196. The molecule has 0 spiro atoms. The lowest BCUT2D eigenvalue weighted by atomic mass is 10.0. The molecule has 0 radical (unpaired) electrons. The van der Waals surface area contributed by atoms with Gasteiger partial charge in [-0.25, -0.2) is 4.79 Å². The van der Waals surface area contributed by atoms with E-state index < -0.39 is 12.1 Å². The maximum atomic E-state index is 11.9. The molecule has 0 amide bonds. The normalized spacial score (nSPS) is 11.9. The van der Waals surface area contributed by atoms with Crippen LogP contribution in [0, 0.1) is 11.3 Å². The lowest BCUT2D eigenvalue weighted by molar-refractivity contribution is 0.0435. The largest absolute Gasteiger partial charge is 0.444 e. The van der Waals surface area contributed by atoms with Crippen LogP contribution in [0.4, 0.5) is 0 Å². The maximum Gasteiger partial charge on any atom is 0.339 e. The predicted molar refractivity (Wildman–Crippen MR) is 116 cm³/mol. The van der Waals surface area contributed by atoms with Crippen LogP contribution >= 0.6 is 11.8 Å². The van der Waals surface area contributed by atoms with Gasteiger partial charge in [0.25, 0.3) is 0 Å². The molecule has 0 fully saturated rings. The number of nitriles is 1. The Morgan fingerprint density at radius 1 is 1.07 bits per heavy atom. The smallest absolute Gasteiger partial charge is 0.339 e. The van der Waals surface area contributed by atoms with Gasteiger partial charge >= 0.3 is 5.97 Å². The van der Waals surface area contributed by atoms with Gasteiger partial charge < -0.3 is 4.74 Å². The first-order valence-electron chi connectivity index (χ1n) is 9.73. The van der Waals surface area contributed by atoms with Gasteiger partial charge in [0.2, 0.25) is 0 Å². The third kappa shape index (κ3) is 7.25.